The molecule has 1 aromatic rings. The molecule has 0 spiro atoms. The smallest absolute Gasteiger partial charge is 0.192 e. The molecule has 0 amide bonds. The maximum Gasteiger partial charge on any atom is 0.192 e. The first-order chi connectivity index (χ1) is 10.7. The zero-order valence-electron chi connectivity index (χ0n) is 14.9. The molecule has 0 unspecified atom stereocenters. The number of aliphatic hydroxyl groups excluding tert-OH is 1. The van der Waals surface area contributed by atoms with Gasteiger partial charge >= 0.3 is 0 Å². The van der Waals surface area contributed by atoms with Crippen molar-refractivity contribution in [2.45, 2.75) is 63.8 Å². The van der Waals surface area contributed by atoms with Crippen LogP contribution in [0.15, 0.2) is 30.3 Å². The average Bonchev–Trinajstić information content (AvgIpc) is 2.49. The Morgan fingerprint density at radius 2 is 1.87 bits per heavy atom. The van der Waals surface area contributed by atoms with Gasteiger partial charge in [0.1, 0.15) is 0 Å². The van der Waals surface area contributed by atoms with Gasteiger partial charge in [-0.15, -0.1) is 0 Å². The molecule has 1 aromatic carbocycles. The Balaban J connectivity index is 2.08. The number of benzene rings is 1. The molecule has 5 heteroatoms. The molecule has 4 nitrogen and oxygen atoms in total. The van der Waals surface area contributed by atoms with Crippen LogP contribution in [0.4, 0.5) is 0 Å². The summed E-state index contributed by atoms with van der Waals surface area (Å²) < 4.78 is 18.5. The molecular formula is C18H30O4Si. The Labute approximate surface area is 140 Å². The molecule has 1 aliphatic rings. The minimum absolute atomic E-state index is 0.0868. The maximum atomic E-state index is 9.39. The number of aliphatic hydroxyl groups is 1. The van der Waals surface area contributed by atoms with E-state index in [4.69, 9.17) is 13.9 Å². The topological polar surface area (TPSA) is 47.9 Å². The molecule has 130 valence electrons. The Kier molecular flexibility index (Phi) is 6.03. The predicted molar refractivity (Wildman–Crippen MR) is 93.8 cm³/mol. The normalized spacial score (nSPS) is 26.3. The summed E-state index contributed by atoms with van der Waals surface area (Å²) in [6, 6.07) is 9.91. The monoisotopic (exact) mass is 338 g/mol. The van der Waals surface area contributed by atoms with Crippen molar-refractivity contribution in [3.8, 4) is 0 Å². The predicted octanol–water partition coefficient (Wildman–Crippen LogP) is 3.87. The van der Waals surface area contributed by atoms with Gasteiger partial charge in [-0.2, -0.15) is 0 Å². The van der Waals surface area contributed by atoms with Crippen molar-refractivity contribution in [2.75, 3.05) is 13.2 Å². The summed E-state index contributed by atoms with van der Waals surface area (Å²) in [5.74, 6) is 0. The Hall–Kier alpha value is -0.723. The molecule has 1 N–H and O–H groups in total. The van der Waals surface area contributed by atoms with Crippen LogP contribution in [-0.4, -0.2) is 38.8 Å². The van der Waals surface area contributed by atoms with Gasteiger partial charge in [0.25, 0.3) is 0 Å². The highest BCUT2D eigenvalue weighted by Gasteiger charge is 2.43. The third-order valence-corrected chi connectivity index (χ3v) is 9.37. The van der Waals surface area contributed by atoms with E-state index in [0.29, 0.717) is 13.0 Å². The van der Waals surface area contributed by atoms with Crippen LogP contribution in [0.25, 0.3) is 0 Å². The third kappa shape index (κ3) is 4.64. The van der Waals surface area contributed by atoms with E-state index in [1.807, 2.05) is 30.3 Å². The Bertz CT molecular complexity index is 484. The standard InChI is InChI=1S/C18H30O4Si/c1-18(2,3)23(4,5)22-16-13-20-17(21-15(16)11-12-19)14-9-7-6-8-10-14/h6-10,15-17,19H,11-13H2,1-5H3/t15-,16+,17+/m0/s1. The molecule has 1 saturated heterocycles. The first-order valence-corrected chi connectivity index (χ1v) is 11.3. The average molecular weight is 339 g/mol. The Morgan fingerprint density at radius 3 is 2.43 bits per heavy atom. The van der Waals surface area contributed by atoms with Crippen molar-refractivity contribution >= 4 is 8.32 Å². The summed E-state index contributed by atoms with van der Waals surface area (Å²) in [6.45, 7) is 11.7. The quantitative estimate of drug-likeness (QED) is 0.828. The molecule has 0 aromatic heterocycles. The van der Waals surface area contributed by atoms with E-state index >= 15 is 0 Å². The van der Waals surface area contributed by atoms with Crippen LogP contribution in [0.1, 0.15) is 39.0 Å². The number of ether oxygens (including phenoxy) is 2. The lowest BCUT2D eigenvalue weighted by Gasteiger charge is -2.44. The number of hydrogen-bond donors (Lipinski definition) is 1. The van der Waals surface area contributed by atoms with Gasteiger partial charge in [-0.05, 0) is 24.6 Å². The van der Waals surface area contributed by atoms with Gasteiger partial charge in [0.15, 0.2) is 14.6 Å². The first-order valence-electron chi connectivity index (χ1n) is 8.35. The lowest BCUT2D eigenvalue weighted by atomic mass is 10.1. The molecule has 0 bridgehead atoms. The van der Waals surface area contributed by atoms with Crippen molar-refractivity contribution in [2.24, 2.45) is 0 Å². The molecule has 0 radical (unpaired) electrons. The highest BCUT2D eigenvalue weighted by Crippen LogP contribution is 2.39. The van der Waals surface area contributed by atoms with Crippen molar-refractivity contribution in [1.82, 2.24) is 0 Å². The largest absolute Gasteiger partial charge is 0.409 e. The van der Waals surface area contributed by atoms with Crippen LogP contribution in [0, 0.1) is 0 Å². The van der Waals surface area contributed by atoms with Crippen LogP contribution in [0.3, 0.4) is 0 Å². The lowest BCUT2D eigenvalue weighted by Crippen LogP contribution is -2.51. The molecule has 2 rings (SSSR count). The van der Waals surface area contributed by atoms with E-state index in [1.54, 1.807) is 0 Å². The summed E-state index contributed by atoms with van der Waals surface area (Å²) in [6.07, 6.45) is -0.0884. The van der Waals surface area contributed by atoms with Gasteiger partial charge in [0.2, 0.25) is 0 Å². The van der Waals surface area contributed by atoms with E-state index in [-0.39, 0.29) is 30.1 Å². The fraction of sp³-hybridized carbons (Fsp3) is 0.667. The third-order valence-electron chi connectivity index (χ3n) is 4.86. The van der Waals surface area contributed by atoms with E-state index < -0.39 is 8.32 Å². The van der Waals surface area contributed by atoms with E-state index in [2.05, 4.69) is 33.9 Å². The van der Waals surface area contributed by atoms with Crippen molar-refractivity contribution in [1.29, 1.82) is 0 Å². The minimum atomic E-state index is -1.91. The van der Waals surface area contributed by atoms with Gasteiger partial charge < -0.3 is 19.0 Å². The second-order valence-corrected chi connectivity index (χ2v) is 12.4. The molecule has 1 heterocycles. The molecule has 0 aliphatic carbocycles. The van der Waals surface area contributed by atoms with Gasteiger partial charge in [-0.25, -0.2) is 0 Å². The number of rotatable bonds is 5. The highest BCUT2D eigenvalue weighted by molar-refractivity contribution is 6.74. The zero-order valence-corrected chi connectivity index (χ0v) is 15.9. The summed E-state index contributed by atoms with van der Waals surface area (Å²) in [5.41, 5.74) is 1.00. The molecule has 0 saturated carbocycles. The second kappa shape index (κ2) is 7.45. The molecule has 1 fully saturated rings. The molecular weight excluding hydrogens is 308 g/mol. The van der Waals surface area contributed by atoms with Crippen LogP contribution in [0.2, 0.25) is 18.1 Å². The Morgan fingerprint density at radius 1 is 1.22 bits per heavy atom. The fourth-order valence-electron chi connectivity index (χ4n) is 2.41. The second-order valence-electron chi connectivity index (χ2n) is 7.68. The van der Waals surface area contributed by atoms with E-state index in [1.165, 1.54) is 0 Å². The summed E-state index contributed by atoms with van der Waals surface area (Å²) in [4.78, 5) is 0. The zero-order chi connectivity index (χ0) is 17.1. The first kappa shape index (κ1) is 18.6. The lowest BCUT2D eigenvalue weighted by molar-refractivity contribution is -0.255. The molecule has 3 atom stereocenters. The van der Waals surface area contributed by atoms with Gasteiger partial charge in [0, 0.05) is 12.2 Å². The van der Waals surface area contributed by atoms with Crippen LogP contribution in [0.5, 0.6) is 0 Å². The van der Waals surface area contributed by atoms with Crippen molar-refractivity contribution in [3.05, 3.63) is 35.9 Å². The van der Waals surface area contributed by atoms with Crippen molar-refractivity contribution in [3.63, 3.8) is 0 Å². The summed E-state index contributed by atoms with van der Waals surface area (Å²) >= 11 is 0. The SMILES string of the molecule is CC(C)(C)[Si](C)(C)O[C@@H]1CO[C@@H](c2ccccc2)O[C@H]1CCO. The van der Waals surface area contributed by atoms with Crippen molar-refractivity contribution < 1.29 is 19.0 Å². The van der Waals surface area contributed by atoms with Gasteiger partial charge in [-0.3, -0.25) is 0 Å². The maximum absolute atomic E-state index is 9.39. The van der Waals surface area contributed by atoms with Crippen LogP contribution >= 0.6 is 0 Å². The van der Waals surface area contributed by atoms with Gasteiger partial charge in [0.05, 0.1) is 18.8 Å². The van der Waals surface area contributed by atoms with Gasteiger partial charge in [-0.1, -0.05) is 51.1 Å². The summed E-state index contributed by atoms with van der Waals surface area (Å²) in [5, 5.41) is 9.52. The number of hydrogen-bond acceptors (Lipinski definition) is 4. The van der Waals surface area contributed by atoms with Crippen LogP contribution < -0.4 is 0 Å². The van der Waals surface area contributed by atoms with E-state index in [9.17, 15) is 5.11 Å². The highest BCUT2D eigenvalue weighted by atomic mass is 28.4. The fourth-order valence-corrected chi connectivity index (χ4v) is 3.74. The minimum Gasteiger partial charge on any atom is -0.409 e. The molecule has 1 aliphatic heterocycles. The van der Waals surface area contributed by atoms with Crippen LogP contribution in [-0.2, 0) is 13.9 Å². The van der Waals surface area contributed by atoms with E-state index in [0.717, 1.165) is 5.56 Å². The summed E-state index contributed by atoms with van der Waals surface area (Å²) in [7, 11) is -1.91. The molecule has 23 heavy (non-hydrogen) atoms.